The Morgan fingerprint density at radius 3 is 2.36 bits per heavy atom. The second-order valence-corrected chi connectivity index (χ2v) is 6.36. The predicted octanol–water partition coefficient (Wildman–Crippen LogP) is 1.72. The van der Waals surface area contributed by atoms with Gasteiger partial charge in [0, 0.05) is 17.7 Å². The van der Waals surface area contributed by atoms with Gasteiger partial charge in [-0.05, 0) is 24.6 Å². The van der Waals surface area contributed by atoms with E-state index in [-0.39, 0.29) is 10.6 Å². The van der Waals surface area contributed by atoms with Crippen LogP contribution in [-0.4, -0.2) is 41.8 Å². The largest absolute Gasteiger partial charge is 0.328 e. The lowest BCUT2D eigenvalue weighted by Gasteiger charge is -2.30. The summed E-state index contributed by atoms with van der Waals surface area (Å²) in [6, 6.07) is 17.1. The van der Waals surface area contributed by atoms with Crippen LogP contribution >= 0.6 is 0 Å². The third-order valence-corrected chi connectivity index (χ3v) is 4.53. The average Bonchev–Trinajstić information content (AvgIpc) is 2.64. The number of rotatable bonds is 5. The summed E-state index contributed by atoms with van der Waals surface area (Å²) in [7, 11) is 0. The summed E-state index contributed by atoms with van der Waals surface area (Å²) in [6.45, 7) is 6.97. The lowest BCUT2D eigenvalue weighted by atomic mass is 10.1. The molecule has 0 spiro atoms. The lowest BCUT2D eigenvalue weighted by Crippen LogP contribution is -3.13. The average molecular weight is 339 g/mol. The molecule has 2 aromatic carbocycles. The highest BCUT2D eigenvalue weighted by Gasteiger charge is 2.19. The summed E-state index contributed by atoms with van der Waals surface area (Å²) in [5.41, 5.74) is 3.29. The number of nitro benzene ring substituents is 1. The SMILES string of the molecule is C/C(=N/N1CC[NH+](Cc2ccccc2)CC1)c1ccc([N+](=O)[O-])cc1. The van der Waals surface area contributed by atoms with Gasteiger partial charge < -0.3 is 4.90 Å². The Hall–Kier alpha value is -2.73. The molecule has 0 amide bonds. The lowest BCUT2D eigenvalue weighted by molar-refractivity contribution is -0.918. The number of nitrogens with one attached hydrogen (secondary N) is 1. The molecule has 6 nitrogen and oxygen atoms in total. The highest BCUT2D eigenvalue weighted by molar-refractivity contribution is 5.98. The first-order chi connectivity index (χ1) is 12.1. The maximum atomic E-state index is 10.7. The Labute approximate surface area is 147 Å². The summed E-state index contributed by atoms with van der Waals surface area (Å²) >= 11 is 0. The molecule has 2 aromatic rings. The van der Waals surface area contributed by atoms with E-state index in [0.29, 0.717) is 0 Å². The number of hydrogen-bond donors (Lipinski definition) is 1. The minimum Gasteiger partial charge on any atom is -0.328 e. The molecule has 1 heterocycles. The van der Waals surface area contributed by atoms with Crippen molar-refractivity contribution >= 4 is 11.4 Å². The van der Waals surface area contributed by atoms with Gasteiger partial charge in [-0.2, -0.15) is 5.10 Å². The minimum atomic E-state index is -0.384. The van der Waals surface area contributed by atoms with E-state index < -0.39 is 0 Å². The van der Waals surface area contributed by atoms with Crippen molar-refractivity contribution in [2.24, 2.45) is 5.10 Å². The number of benzene rings is 2. The molecule has 3 rings (SSSR count). The van der Waals surface area contributed by atoms with E-state index in [1.807, 2.05) is 13.0 Å². The molecular weight excluding hydrogens is 316 g/mol. The van der Waals surface area contributed by atoms with Crippen LogP contribution in [0.5, 0.6) is 0 Å². The van der Waals surface area contributed by atoms with Crippen molar-refractivity contribution in [1.82, 2.24) is 5.01 Å². The second-order valence-electron chi connectivity index (χ2n) is 6.36. The van der Waals surface area contributed by atoms with Crippen molar-refractivity contribution in [1.29, 1.82) is 0 Å². The molecule has 130 valence electrons. The van der Waals surface area contributed by atoms with Crippen LogP contribution in [0.3, 0.4) is 0 Å². The first-order valence-electron chi connectivity index (χ1n) is 8.54. The van der Waals surface area contributed by atoms with Gasteiger partial charge in [-0.1, -0.05) is 30.3 Å². The Morgan fingerprint density at radius 1 is 1.12 bits per heavy atom. The van der Waals surface area contributed by atoms with Crippen molar-refractivity contribution in [2.75, 3.05) is 26.2 Å². The van der Waals surface area contributed by atoms with Gasteiger partial charge in [0.15, 0.2) is 0 Å². The van der Waals surface area contributed by atoms with Crippen LogP contribution < -0.4 is 4.90 Å². The van der Waals surface area contributed by atoms with Crippen LogP contribution in [0.15, 0.2) is 59.7 Å². The van der Waals surface area contributed by atoms with Crippen molar-refractivity contribution in [3.8, 4) is 0 Å². The third-order valence-electron chi connectivity index (χ3n) is 4.53. The summed E-state index contributed by atoms with van der Waals surface area (Å²) in [6.07, 6.45) is 0. The zero-order valence-corrected chi connectivity index (χ0v) is 14.4. The van der Waals surface area contributed by atoms with Gasteiger partial charge in [0.25, 0.3) is 5.69 Å². The maximum Gasteiger partial charge on any atom is 0.269 e. The summed E-state index contributed by atoms with van der Waals surface area (Å²) in [5.74, 6) is 0. The van der Waals surface area contributed by atoms with Gasteiger partial charge in [-0.15, -0.1) is 0 Å². The molecule has 0 bridgehead atoms. The molecular formula is C19H23N4O2+. The van der Waals surface area contributed by atoms with Crippen LogP contribution in [0.25, 0.3) is 0 Å². The summed E-state index contributed by atoms with van der Waals surface area (Å²) < 4.78 is 0. The first kappa shape index (κ1) is 17.1. The van der Waals surface area contributed by atoms with Crippen LogP contribution in [-0.2, 0) is 6.54 Å². The highest BCUT2D eigenvalue weighted by Crippen LogP contribution is 2.13. The molecule has 1 aliphatic heterocycles. The Balaban J connectivity index is 1.55. The number of non-ortho nitro benzene ring substituents is 1. The maximum absolute atomic E-state index is 10.7. The number of piperazine rings is 1. The molecule has 1 aliphatic rings. The Morgan fingerprint density at radius 2 is 1.76 bits per heavy atom. The van der Waals surface area contributed by atoms with E-state index in [4.69, 9.17) is 0 Å². The van der Waals surface area contributed by atoms with Crippen LogP contribution in [0.2, 0.25) is 0 Å². The van der Waals surface area contributed by atoms with E-state index in [9.17, 15) is 10.1 Å². The number of nitro groups is 1. The molecule has 0 radical (unpaired) electrons. The van der Waals surface area contributed by atoms with E-state index in [0.717, 1.165) is 44.0 Å². The van der Waals surface area contributed by atoms with Crippen molar-refractivity contribution < 1.29 is 9.82 Å². The van der Waals surface area contributed by atoms with Gasteiger partial charge >= 0.3 is 0 Å². The fraction of sp³-hybridized carbons (Fsp3) is 0.316. The third kappa shape index (κ3) is 4.64. The van der Waals surface area contributed by atoms with Crippen molar-refractivity contribution in [2.45, 2.75) is 13.5 Å². The molecule has 6 heteroatoms. The summed E-state index contributed by atoms with van der Waals surface area (Å²) in [4.78, 5) is 11.9. The van der Waals surface area contributed by atoms with Gasteiger partial charge in [-0.25, -0.2) is 0 Å². The zero-order valence-electron chi connectivity index (χ0n) is 14.4. The van der Waals surface area contributed by atoms with Gasteiger partial charge in [-0.3, -0.25) is 15.1 Å². The predicted molar refractivity (Wildman–Crippen MR) is 97.7 cm³/mol. The first-order valence-corrected chi connectivity index (χ1v) is 8.54. The number of quaternary nitrogens is 1. The van der Waals surface area contributed by atoms with E-state index in [1.165, 1.54) is 17.7 Å². The number of hydrazone groups is 1. The fourth-order valence-electron chi connectivity index (χ4n) is 3.07. The molecule has 1 fully saturated rings. The highest BCUT2D eigenvalue weighted by atomic mass is 16.6. The number of nitrogens with zero attached hydrogens (tertiary/aromatic N) is 3. The molecule has 0 saturated carbocycles. The quantitative estimate of drug-likeness (QED) is 0.512. The van der Waals surface area contributed by atoms with Crippen LogP contribution in [0.4, 0.5) is 5.69 Å². The molecule has 1 N–H and O–H groups in total. The Bertz CT molecular complexity index is 736. The Kier molecular flexibility index (Phi) is 5.40. The van der Waals surface area contributed by atoms with Crippen LogP contribution in [0, 0.1) is 10.1 Å². The van der Waals surface area contributed by atoms with E-state index in [1.54, 1.807) is 17.0 Å². The van der Waals surface area contributed by atoms with Crippen molar-refractivity contribution in [3.05, 3.63) is 75.8 Å². The molecule has 0 aromatic heterocycles. The second kappa shape index (κ2) is 7.90. The monoisotopic (exact) mass is 339 g/mol. The number of hydrogen-bond acceptors (Lipinski definition) is 4. The molecule has 0 unspecified atom stereocenters. The summed E-state index contributed by atoms with van der Waals surface area (Å²) in [5, 5.41) is 17.5. The van der Waals surface area contributed by atoms with Crippen molar-refractivity contribution in [3.63, 3.8) is 0 Å². The van der Waals surface area contributed by atoms with E-state index in [2.05, 4.69) is 34.4 Å². The van der Waals surface area contributed by atoms with Gasteiger partial charge in [0.1, 0.15) is 6.54 Å². The van der Waals surface area contributed by atoms with E-state index >= 15 is 0 Å². The zero-order chi connectivity index (χ0) is 17.6. The molecule has 1 saturated heterocycles. The minimum absolute atomic E-state index is 0.106. The van der Waals surface area contributed by atoms with Gasteiger partial charge in [0.2, 0.25) is 0 Å². The standard InChI is InChI=1S/C19H22N4O2/c1-16(18-7-9-19(10-8-18)23(24)25)20-22-13-11-21(12-14-22)15-17-5-3-2-4-6-17/h2-10H,11-15H2,1H3/p+1/b20-16-. The fourth-order valence-corrected chi connectivity index (χ4v) is 3.07. The van der Waals surface area contributed by atoms with Gasteiger partial charge in [0.05, 0.1) is 36.8 Å². The normalized spacial score (nSPS) is 16.0. The topological polar surface area (TPSA) is 63.2 Å². The molecule has 0 aliphatic carbocycles. The molecule has 25 heavy (non-hydrogen) atoms. The van der Waals surface area contributed by atoms with Crippen LogP contribution in [0.1, 0.15) is 18.1 Å². The molecule has 0 atom stereocenters. The smallest absolute Gasteiger partial charge is 0.269 e.